The van der Waals surface area contributed by atoms with Crippen molar-refractivity contribution >= 4 is 21.6 Å². The van der Waals surface area contributed by atoms with Crippen LogP contribution in [0, 0.1) is 5.92 Å². The molecule has 1 aromatic carbocycles. The zero-order chi connectivity index (χ0) is 17.9. The summed E-state index contributed by atoms with van der Waals surface area (Å²) in [5.41, 5.74) is 0.373. The molecule has 2 saturated heterocycles. The molecule has 1 atom stereocenters. The molecule has 0 bridgehead atoms. The summed E-state index contributed by atoms with van der Waals surface area (Å²) >= 11 is 0. The maximum Gasteiger partial charge on any atom is 0.243 e. The molecule has 0 spiro atoms. The highest BCUT2D eigenvalue weighted by molar-refractivity contribution is 7.89. The van der Waals surface area contributed by atoms with Gasteiger partial charge < -0.3 is 14.8 Å². The Morgan fingerprint density at radius 2 is 2.04 bits per heavy atom. The minimum Gasteiger partial charge on any atom is -0.495 e. The molecular formula is C17H24N2O5S. The van der Waals surface area contributed by atoms with Gasteiger partial charge in [0.15, 0.2) is 0 Å². The second-order valence-corrected chi connectivity index (χ2v) is 8.31. The number of carbonyl (C=O) groups excluding carboxylic acids is 1. The number of amides is 1. The van der Waals surface area contributed by atoms with Gasteiger partial charge in [0.2, 0.25) is 15.9 Å². The lowest BCUT2D eigenvalue weighted by molar-refractivity contribution is -0.119. The Morgan fingerprint density at radius 1 is 1.28 bits per heavy atom. The van der Waals surface area contributed by atoms with E-state index in [1.807, 2.05) is 0 Å². The quantitative estimate of drug-likeness (QED) is 0.857. The fourth-order valence-corrected chi connectivity index (χ4v) is 4.72. The highest BCUT2D eigenvalue weighted by Crippen LogP contribution is 2.30. The molecule has 0 radical (unpaired) electrons. The molecule has 0 saturated carbocycles. The maximum atomic E-state index is 12.8. The van der Waals surface area contributed by atoms with Gasteiger partial charge in [0.1, 0.15) is 5.75 Å². The van der Waals surface area contributed by atoms with E-state index in [1.54, 1.807) is 6.07 Å². The Balaban J connectivity index is 1.85. The number of anilines is 1. The lowest BCUT2D eigenvalue weighted by Crippen LogP contribution is -2.35. The summed E-state index contributed by atoms with van der Waals surface area (Å²) < 4.78 is 37.7. The summed E-state index contributed by atoms with van der Waals surface area (Å²) in [6.45, 7) is 2.03. The first-order valence-corrected chi connectivity index (χ1v) is 10.0. The smallest absolute Gasteiger partial charge is 0.243 e. The molecule has 0 unspecified atom stereocenters. The summed E-state index contributed by atoms with van der Waals surface area (Å²) in [6.07, 6.45) is 3.47. The molecule has 2 aliphatic rings. The SMILES string of the molecule is COc1ccc(S(=O)(=O)N2CCCCC2)cc1NC(=O)[C@H]1CCOC1. The normalized spacial score (nSPS) is 21.9. The van der Waals surface area contributed by atoms with Gasteiger partial charge in [0.05, 0.1) is 30.2 Å². The first-order chi connectivity index (χ1) is 12.0. The highest BCUT2D eigenvalue weighted by atomic mass is 32.2. The van der Waals surface area contributed by atoms with Crippen LogP contribution in [0.15, 0.2) is 23.1 Å². The molecule has 1 aromatic rings. The number of benzene rings is 1. The number of nitrogens with zero attached hydrogens (tertiary/aromatic N) is 1. The van der Waals surface area contributed by atoms with Crippen LogP contribution in [-0.4, -0.2) is 52.0 Å². The Bertz CT molecular complexity index is 723. The van der Waals surface area contributed by atoms with E-state index >= 15 is 0 Å². The van der Waals surface area contributed by atoms with Crippen LogP contribution < -0.4 is 10.1 Å². The topological polar surface area (TPSA) is 84.9 Å². The molecular weight excluding hydrogens is 344 g/mol. The van der Waals surface area contributed by atoms with E-state index in [9.17, 15) is 13.2 Å². The molecule has 2 aliphatic heterocycles. The number of carbonyl (C=O) groups is 1. The van der Waals surface area contributed by atoms with Crippen molar-refractivity contribution in [2.24, 2.45) is 5.92 Å². The molecule has 8 heteroatoms. The minimum absolute atomic E-state index is 0.174. The second-order valence-electron chi connectivity index (χ2n) is 6.38. The fourth-order valence-electron chi connectivity index (χ4n) is 3.18. The van der Waals surface area contributed by atoms with Crippen molar-refractivity contribution in [2.45, 2.75) is 30.6 Å². The highest BCUT2D eigenvalue weighted by Gasteiger charge is 2.28. The summed E-state index contributed by atoms with van der Waals surface area (Å²) in [5, 5.41) is 2.79. The summed E-state index contributed by atoms with van der Waals surface area (Å²) in [5.74, 6) is 0.0419. The Hall–Kier alpha value is -1.64. The van der Waals surface area contributed by atoms with Gasteiger partial charge >= 0.3 is 0 Å². The van der Waals surface area contributed by atoms with Crippen LogP contribution in [0.5, 0.6) is 5.75 Å². The van der Waals surface area contributed by atoms with Gasteiger partial charge in [-0.15, -0.1) is 0 Å². The maximum absolute atomic E-state index is 12.8. The molecule has 138 valence electrons. The number of piperidine rings is 1. The van der Waals surface area contributed by atoms with Crippen molar-refractivity contribution < 1.29 is 22.7 Å². The van der Waals surface area contributed by atoms with Crippen LogP contribution in [0.2, 0.25) is 0 Å². The molecule has 7 nitrogen and oxygen atoms in total. The van der Waals surface area contributed by atoms with Crippen molar-refractivity contribution in [2.75, 3.05) is 38.7 Å². The Kier molecular flexibility index (Phi) is 5.61. The van der Waals surface area contributed by atoms with Crippen LogP contribution in [0.25, 0.3) is 0 Å². The predicted molar refractivity (Wildman–Crippen MR) is 93.2 cm³/mol. The minimum atomic E-state index is -3.56. The average Bonchev–Trinajstić information content (AvgIpc) is 3.17. The van der Waals surface area contributed by atoms with Crippen molar-refractivity contribution in [3.05, 3.63) is 18.2 Å². The molecule has 0 aliphatic carbocycles. The largest absolute Gasteiger partial charge is 0.495 e. The Labute approximate surface area is 148 Å². The number of ether oxygens (including phenoxy) is 2. The molecule has 1 amide bonds. The number of nitrogens with one attached hydrogen (secondary N) is 1. The van der Waals surface area contributed by atoms with Gasteiger partial charge in [-0.2, -0.15) is 4.31 Å². The van der Waals surface area contributed by atoms with Gasteiger partial charge in [0.25, 0.3) is 0 Å². The second kappa shape index (κ2) is 7.72. The van der Waals surface area contributed by atoms with Gasteiger partial charge in [-0.1, -0.05) is 6.42 Å². The molecule has 0 aromatic heterocycles. The van der Waals surface area contributed by atoms with Crippen molar-refractivity contribution in [1.29, 1.82) is 0 Å². The van der Waals surface area contributed by atoms with E-state index in [0.29, 0.717) is 44.2 Å². The number of methoxy groups -OCH3 is 1. The first kappa shape index (κ1) is 18.2. The van der Waals surface area contributed by atoms with Crippen LogP contribution >= 0.6 is 0 Å². The van der Waals surface area contributed by atoms with Gasteiger partial charge in [0, 0.05) is 19.7 Å². The van der Waals surface area contributed by atoms with Gasteiger partial charge in [-0.25, -0.2) is 8.42 Å². The van der Waals surface area contributed by atoms with Crippen LogP contribution in [0.4, 0.5) is 5.69 Å². The molecule has 2 heterocycles. The monoisotopic (exact) mass is 368 g/mol. The van der Waals surface area contributed by atoms with Crippen LogP contribution in [0.3, 0.4) is 0 Å². The molecule has 1 N–H and O–H groups in total. The average molecular weight is 368 g/mol. The predicted octanol–water partition coefficient (Wildman–Crippen LogP) is 1.84. The van der Waals surface area contributed by atoms with Crippen molar-refractivity contribution in [1.82, 2.24) is 4.31 Å². The number of hydrogen-bond acceptors (Lipinski definition) is 5. The zero-order valence-corrected chi connectivity index (χ0v) is 15.2. The van der Waals surface area contributed by atoms with Crippen molar-refractivity contribution in [3.63, 3.8) is 0 Å². The number of rotatable bonds is 5. The third-order valence-corrected chi connectivity index (χ3v) is 6.58. The zero-order valence-electron chi connectivity index (χ0n) is 14.4. The molecule has 25 heavy (non-hydrogen) atoms. The third-order valence-electron chi connectivity index (χ3n) is 4.68. The van der Waals surface area contributed by atoms with E-state index in [2.05, 4.69) is 5.32 Å². The number of hydrogen-bond donors (Lipinski definition) is 1. The molecule has 2 fully saturated rings. The summed E-state index contributed by atoms with van der Waals surface area (Å²) in [6, 6.07) is 4.59. The van der Waals surface area contributed by atoms with Crippen LogP contribution in [-0.2, 0) is 19.6 Å². The standard InChI is InChI=1S/C17H24N2O5S/c1-23-16-6-5-14(25(21,22)19-8-3-2-4-9-19)11-15(16)18-17(20)13-7-10-24-12-13/h5-6,11,13H,2-4,7-10,12H2,1H3,(H,18,20)/t13-/m0/s1. The number of sulfonamides is 1. The van der Waals surface area contributed by atoms with E-state index in [0.717, 1.165) is 19.3 Å². The summed E-state index contributed by atoms with van der Waals surface area (Å²) in [4.78, 5) is 12.5. The van der Waals surface area contributed by atoms with E-state index in [-0.39, 0.29) is 16.7 Å². The van der Waals surface area contributed by atoms with Crippen LogP contribution in [0.1, 0.15) is 25.7 Å². The first-order valence-electron chi connectivity index (χ1n) is 8.59. The van der Waals surface area contributed by atoms with E-state index < -0.39 is 10.0 Å². The summed E-state index contributed by atoms with van der Waals surface area (Å²) in [7, 11) is -2.07. The third kappa shape index (κ3) is 3.96. The Morgan fingerprint density at radius 3 is 2.68 bits per heavy atom. The fraction of sp³-hybridized carbons (Fsp3) is 0.588. The lowest BCUT2D eigenvalue weighted by atomic mass is 10.1. The molecule has 3 rings (SSSR count). The lowest BCUT2D eigenvalue weighted by Gasteiger charge is -2.26. The van der Waals surface area contributed by atoms with Gasteiger partial charge in [-0.3, -0.25) is 4.79 Å². The van der Waals surface area contributed by atoms with E-state index in [4.69, 9.17) is 9.47 Å². The van der Waals surface area contributed by atoms with Gasteiger partial charge in [-0.05, 0) is 37.5 Å². The van der Waals surface area contributed by atoms with E-state index in [1.165, 1.54) is 23.5 Å². The van der Waals surface area contributed by atoms with Crippen molar-refractivity contribution in [3.8, 4) is 5.75 Å².